The van der Waals surface area contributed by atoms with Gasteiger partial charge in [-0.3, -0.25) is 19.7 Å². The van der Waals surface area contributed by atoms with Crippen molar-refractivity contribution in [3.05, 3.63) is 71.9 Å². The molecule has 1 aromatic heterocycles. The summed E-state index contributed by atoms with van der Waals surface area (Å²) in [6, 6.07) is 13.4. The van der Waals surface area contributed by atoms with Crippen molar-refractivity contribution in [2.45, 2.75) is 24.8 Å². The number of nitrogens with zero attached hydrogens (tertiary/aromatic N) is 1. The predicted octanol–water partition coefficient (Wildman–Crippen LogP) is 3.52. The third-order valence-electron chi connectivity index (χ3n) is 6.64. The molecule has 0 saturated carbocycles. The highest BCUT2D eigenvalue weighted by molar-refractivity contribution is 7.98. The molecule has 45 heavy (non-hydrogen) atoms. The van der Waals surface area contributed by atoms with Crippen LogP contribution in [0.3, 0.4) is 0 Å². The largest absolute Gasteiger partial charge is 0.495 e. The van der Waals surface area contributed by atoms with Crippen LogP contribution in [-0.2, 0) is 20.8 Å². The number of nitrogens with one attached hydrogen (secondary N) is 4. The Labute approximate surface area is 265 Å². The van der Waals surface area contributed by atoms with Gasteiger partial charge in [-0.15, -0.1) is 0 Å². The zero-order chi connectivity index (χ0) is 32.8. The minimum absolute atomic E-state index is 0.0663. The lowest BCUT2D eigenvalue weighted by molar-refractivity contribution is -0.139. The van der Waals surface area contributed by atoms with E-state index in [2.05, 4.69) is 26.3 Å². The summed E-state index contributed by atoms with van der Waals surface area (Å²) < 4.78 is 15.9. The minimum atomic E-state index is -1.13. The molecule has 14 heteroatoms. The molecular formula is C31H37N5O8S. The van der Waals surface area contributed by atoms with Crippen molar-refractivity contribution in [2.75, 3.05) is 50.5 Å². The SMILES string of the molecule is COc1cc(CC(=O)N[C@@H](CCSC)C(=O)NCC(C(=O)O)c2ccc(OC)c(OC)c2)ccc1NC(=O)Nc1ccccn1. The molecule has 3 rings (SSSR count). The Morgan fingerprint density at radius 1 is 0.911 bits per heavy atom. The quantitative estimate of drug-likeness (QED) is 0.156. The van der Waals surface area contributed by atoms with E-state index in [1.54, 1.807) is 60.8 Å². The van der Waals surface area contributed by atoms with Crippen LogP contribution in [0.15, 0.2) is 60.8 Å². The average molecular weight is 640 g/mol. The maximum Gasteiger partial charge on any atom is 0.324 e. The van der Waals surface area contributed by atoms with E-state index in [1.165, 1.54) is 33.1 Å². The molecule has 0 fully saturated rings. The van der Waals surface area contributed by atoms with Crippen LogP contribution in [0.4, 0.5) is 16.3 Å². The maximum atomic E-state index is 13.2. The van der Waals surface area contributed by atoms with E-state index in [1.807, 2.05) is 6.26 Å². The Morgan fingerprint density at radius 3 is 2.31 bits per heavy atom. The lowest BCUT2D eigenvalue weighted by Gasteiger charge is -2.21. The minimum Gasteiger partial charge on any atom is -0.495 e. The molecule has 0 spiro atoms. The van der Waals surface area contributed by atoms with Crippen molar-refractivity contribution in [3.8, 4) is 17.2 Å². The van der Waals surface area contributed by atoms with Gasteiger partial charge >= 0.3 is 12.0 Å². The Hall–Kier alpha value is -4.98. The molecule has 4 amide bonds. The van der Waals surface area contributed by atoms with Gasteiger partial charge in [0.2, 0.25) is 11.8 Å². The fourth-order valence-corrected chi connectivity index (χ4v) is 4.81. The summed E-state index contributed by atoms with van der Waals surface area (Å²) >= 11 is 1.51. The van der Waals surface area contributed by atoms with Crippen molar-refractivity contribution in [1.29, 1.82) is 0 Å². The number of amides is 4. The first-order chi connectivity index (χ1) is 21.7. The van der Waals surface area contributed by atoms with Gasteiger partial charge in [0, 0.05) is 12.7 Å². The summed E-state index contributed by atoms with van der Waals surface area (Å²) in [5.41, 5.74) is 1.39. The Balaban J connectivity index is 1.64. The number of carbonyl (C=O) groups excluding carboxylic acids is 3. The maximum absolute atomic E-state index is 13.2. The second-order valence-corrected chi connectivity index (χ2v) is 10.6. The second-order valence-electron chi connectivity index (χ2n) is 9.66. The summed E-state index contributed by atoms with van der Waals surface area (Å²) in [5.74, 6) is -0.989. The highest BCUT2D eigenvalue weighted by Crippen LogP contribution is 2.31. The molecular weight excluding hydrogens is 602 g/mol. The molecule has 0 aliphatic rings. The van der Waals surface area contributed by atoms with Crippen molar-refractivity contribution in [1.82, 2.24) is 15.6 Å². The molecule has 1 heterocycles. The number of hydrogen-bond donors (Lipinski definition) is 5. The van der Waals surface area contributed by atoms with Crippen molar-refractivity contribution < 1.29 is 38.5 Å². The Kier molecular flexibility index (Phi) is 13.3. The van der Waals surface area contributed by atoms with Gasteiger partial charge < -0.3 is 35.3 Å². The molecule has 13 nitrogen and oxygen atoms in total. The summed E-state index contributed by atoms with van der Waals surface area (Å²) in [6.45, 7) is -0.200. The number of pyridine rings is 1. The van der Waals surface area contributed by atoms with Crippen LogP contribution < -0.4 is 35.5 Å². The van der Waals surface area contributed by atoms with Crippen LogP contribution in [0.5, 0.6) is 17.2 Å². The number of thioether (sulfide) groups is 1. The van der Waals surface area contributed by atoms with Crippen molar-refractivity contribution in [2.24, 2.45) is 0 Å². The highest BCUT2D eigenvalue weighted by atomic mass is 32.2. The average Bonchev–Trinajstić information content (AvgIpc) is 3.03. The molecule has 0 radical (unpaired) electrons. The van der Waals surface area contributed by atoms with Crippen molar-refractivity contribution in [3.63, 3.8) is 0 Å². The van der Waals surface area contributed by atoms with Crippen LogP contribution in [0.25, 0.3) is 0 Å². The molecule has 5 N–H and O–H groups in total. The third-order valence-corrected chi connectivity index (χ3v) is 7.28. The van der Waals surface area contributed by atoms with E-state index in [0.29, 0.717) is 52.1 Å². The summed E-state index contributed by atoms with van der Waals surface area (Å²) in [4.78, 5) is 54.7. The lowest BCUT2D eigenvalue weighted by atomic mass is 9.98. The monoisotopic (exact) mass is 639 g/mol. The van der Waals surface area contributed by atoms with Gasteiger partial charge in [-0.25, -0.2) is 9.78 Å². The molecule has 0 bridgehead atoms. The van der Waals surface area contributed by atoms with Crippen LogP contribution in [0.2, 0.25) is 0 Å². The van der Waals surface area contributed by atoms with Gasteiger partial charge in [0.1, 0.15) is 17.6 Å². The molecule has 3 aromatic rings. The first kappa shape index (κ1) is 34.5. The molecule has 2 aromatic carbocycles. The molecule has 240 valence electrons. The summed E-state index contributed by atoms with van der Waals surface area (Å²) in [7, 11) is 4.36. The number of anilines is 2. The number of aromatic nitrogens is 1. The number of ether oxygens (including phenoxy) is 3. The third kappa shape index (κ3) is 10.3. The van der Waals surface area contributed by atoms with E-state index in [9.17, 15) is 24.3 Å². The number of urea groups is 1. The van der Waals surface area contributed by atoms with Crippen LogP contribution in [0, 0.1) is 0 Å². The lowest BCUT2D eigenvalue weighted by Crippen LogP contribution is -2.48. The Bertz CT molecular complexity index is 1470. The van der Waals surface area contributed by atoms with Crippen LogP contribution >= 0.6 is 11.8 Å². The molecule has 0 saturated heterocycles. The number of hydrogen-bond acceptors (Lipinski definition) is 9. The van der Waals surface area contributed by atoms with Crippen molar-refractivity contribution >= 4 is 47.1 Å². The molecule has 1 unspecified atom stereocenters. The second kappa shape index (κ2) is 17.3. The van der Waals surface area contributed by atoms with E-state index in [-0.39, 0.29) is 13.0 Å². The zero-order valence-corrected chi connectivity index (χ0v) is 26.2. The predicted molar refractivity (Wildman–Crippen MR) is 171 cm³/mol. The fourth-order valence-electron chi connectivity index (χ4n) is 4.33. The van der Waals surface area contributed by atoms with Gasteiger partial charge in [-0.1, -0.05) is 18.2 Å². The topological polar surface area (TPSA) is 177 Å². The number of aliphatic carboxylic acids is 1. The Morgan fingerprint density at radius 2 is 1.67 bits per heavy atom. The zero-order valence-electron chi connectivity index (χ0n) is 25.4. The standard InChI is InChI=1S/C31H37N5O8S/c1-42-24-11-9-20(17-26(24)44-3)21(30(39)40)18-33-29(38)23(12-14-45-4)34-28(37)16-19-8-10-22(25(15-19)43-2)35-31(41)36-27-7-5-6-13-32-27/h5-11,13,15,17,21,23H,12,14,16,18H2,1-4H3,(H,33,38)(H,34,37)(H,39,40)(H2,32,35,36,41)/t21?,23-/m0/s1. The number of rotatable bonds is 16. The van der Waals surface area contributed by atoms with Gasteiger partial charge in [-0.2, -0.15) is 11.8 Å². The number of carboxylic acids is 1. The van der Waals surface area contributed by atoms with E-state index < -0.39 is 35.8 Å². The first-order valence-corrected chi connectivity index (χ1v) is 15.2. The number of benzene rings is 2. The van der Waals surface area contributed by atoms with E-state index in [4.69, 9.17) is 14.2 Å². The summed E-state index contributed by atoms with van der Waals surface area (Å²) in [6.07, 6.45) is 3.71. The molecule has 0 aliphatic heterocycles. The molecule has 2 atom stereocenters. The number of carbonyl (C=O) groups is 4. The van der Waals surface area contributed by atoms with Crippen LogP contribution in [-0.4, -0.2) is 79.8 Å². The van der Waals surface area contributed by atoms with Gasteiger partial charge in [0.25, 0.3) is 0 Å². The van der Waals surface area contributed by atoms with Gasteiger partial charge in [0.15, 0.2) is 11.5 Å². The number of carboxylic acid groups (broad SMARTS) is 1. The van der Waals surface area contributed by atoms with E-state index in [0.717, 1.165) is 0 Å². The normalized spacial score (nSPS) is 11.8. The van der Waals surface area contributed by atoms with E-state index >= 15 is 0 Å². The summed E-state index contributed by atoms with van der Waals surface area (Å²) in [5, 5.41) is 20.6. The molecule has 0 aliphatic carbocycles. The fraction of sp³-hybridized carbons (Fsp3) is 0.323. The highest BCUT2D eigenvalue weighted by Gasteiger charge is 2.26. The van der Waals surface area contributed by atoms with Gasteiger partial charge in [-0.05, 0) is 66.0 Å². The first-order valence-electron chi connectivity index (χ1n) is 13.9. The number of methoxy groups -OCH3 is 3. The smallest absolute Gasteiger partial charge is 0.324 e. The van der Waals surface area contributed by atoms with Crippen LogP contribution in [0.1, 0.15) is 23.5 Å². The van der Waals surface area contributed by atoms with Gasteiger partial charge in [0.05, 0.1) is 39.4 Å².